The number of esters is 1. The van der Waals surface area contributed by atoms with E-state index in [1.165, 1.54) is 29.8 Å². The number of rotatable bonds is 10. The highest BCUT2D eigenvalue weighted by atomic mass is 19.1. The number of aromatic nitrogens is 2. The number of fused-ring (bicyclic) bond motifs is 1. The third-order valence-corrected chi connectivity index (χ3v) is 6.13. The third-order valence-electron chi connectivity index (χ3n) is 6.13. The van der Waals surface area contributed by atoms with E-state index < -0.39 is 11.9 Å². The van der Waals surface area contributed by atoms with Crippen LogP contribution in [0.5, 0.6) is 0 Å². The van der Waals surface area contributed by atoms with Crippen LogP contribution in [0.25, 0.3) is 11.1 Å². The monoisotopic (exact) mass is 533 g/mol. The van der Waals surface area contributed by atoms with Crippen molar-refractivity contribution in [1.82, 2.24) is 15.4 Å². The molecule has 0 bridgehead atoms. The van der Waals surface area contributed by atoms with Gasteiger partial charge in [0.25, 0.3) is 0 Å². The van der Waals surface area contributed by atoms with Crippen molar-refractivity contribution in [3.8, 4) is 0 Å². The number of nitrogens with one attached hydrogen (secondary N) is 3. The van der Waals surface area contributed by atoms with Crippen molar-refractivity contribution >= 4 is 40.4 Å². The van der Waals surface area contributed by atoms with Crippen molar-refractivity contribution < 1.29 is 23.1 Å². The summed E-state index contributed by atoms with van der Waals surface area (Å²) >= 11 is 0. The van der Waals surface area contributed by atoms with E-state index in [0.717, 1.165) is 12.0 Å². The summed E-state index contributed by atoms with van der Waals surface area (Å²) in [4.78, 5) is 34.6. The maximum Gasteiger partial charge on any atom is 0.342 e. The Kier molecular flexibility index (Phi) is 8.43. The smallest absolute Gasteiger partial charge is 0.342 e. The Morgan fingerprint density at radius 3 is 2.36 bits per heavy atom. The van der Waals surface area contributed by atoms with Gasteiger partial charge in [0.05, 0.1) is 17.9 Å². The van der Waals surface area contributed by atoms with Gasteiger partial charge in [-0.25, -0.2) is 9.18 Å². The lowest BCUT2D eigenvalue weighted by Crippen LogP contribution is -2.33. The predicted octanol–water partition coefficient (Wildman–Crippen LogP) is 6.04. The van der Waals surface area contributed by atoms with Gasteiger partial charge in [-0.15, -0.1) is 0 Å². The molecule has 39 heavy (non-hydrogen) atoms. The number of aryl methyl sites for hydroxylation is 1. The van der Waals surface area contributed by atoms with Gasteiger partial charge in [-0.3, -0.25) is 15.6 Å². The molecule has 2 aromatic heterocycles. The highest BCUT2D eigenvalue weighted by Crippen LogP contribution is 2.32. The van der Waals surface area contributed by atoms with Gasteiger partial charge in [0.15, 0.2) is 5.82 Å². The molecule has 0 spiro atoms. The first-order valence-corrected chi connectivity index (χ1v) is 12.8. The summed E-state index contributed by atoms with van der Waals surface area (Å²) in [7, 11) is 0. The number of ether oxygens (including phenoxy) is 1. The number of hydrogen-bond acceptors (Lipinski definition) is 8. The molecular weight excluding hydrogens is 501 g/mol. The molecule has 4 rings (SSSR count). The Hall–Kier alpha value is -4.47. The number of hydrogen-bond donors (Lipinski definition) is 3. The quantitative estimate of drug-likeness (QED) is 0.167. The van der Waals surface area contributed by atoms with Crippen LogP contribution in [0, 0.1) is 18.7 Å². The summed E-state index contributed by atoms with van der Waals surface area (Å²) in [6, 6.07) is 13.6. The van der Waals surface area contributed by atoms with Gasteiger partial charge >= 0.3 is 5.97 Å². The summed E-state index contributed by atoms with van der Waals surface area (Å²) in [5.74, 6) is -0.659. The lowest BCUT2D eigenvalue weighted by molar-refractivity contribution is -0.121. The highest BCUT2D eigenvalue weighted by molar-refractivity contribution is 6.08. The molecule has 204 valence electrons. The number of hydrazine groups is 1. The highest BCUT2D eigenvalue weighted by Gasteiger charge is 2.26. The zero-order valence-corrected chi connectivity index (χ0v) is 22.6. The molecule has 4 aromatic rings. The Balaban J connectivity index is 1.62. The van der Waals surface area contributed by atoms with E-state index in [4.69, 9.17) is 9.15 Å². The molecule has 0 saturated carbocycles. The number of carbonyl (C=O) groups is 2. The second kappa shape index (κ2) is 11.9. The molecule has 0 aliphatic rings. The third kappa shape index (κ3) is 6.51. The minimum atomic E-state index is -0.596. The molecule has 0 saturated heterocycles. The summed E-state index contributed by atoms with van der Waals surface area (Å²) < 4.78 is 24.3. The first-order chi connectivity index (χ1) is 18.7. The molecule has 1 atom stereocenters. The molecule has 0 fully saturated rings. The second-order valence-electron chi connectivity index (χ2n) is 9.64. The predicted molar refractivity (Wildman–Crippen MR) is 147 cm³/mol. The van der Waals surface area contributed by atoms with E-state index in [9.17, 15) is 14.0 Å². The number of amides is 1. The fourth-order valence-corrected chi connectivity index (χ4v) is 4.16. The Morgan fingerprint density at radius 2 is 1.72 bits per heavy atom. The van der Waals surface area contributed by atoms with Crippen LogP contribution in [0.3, 0.4) is 0 Å². The lowest BCUT2D eigenvalue weighted by Gasteiger charge is -2.15. The molecule has 3 N–H and O–H groups in total. The van der Waals surface area contributed by atoms with Crippen LogP contribution >= 0.6 is 0 Å². The van der Waals surface area contributed by atoms with Gasteiger partial charge in [0, 0.05) is 5.69 Å². The van der Waals surface area contributed by atoms with Gasteiger partial charge in [0.2, 0.25) is 17.6 Å². The first-order valence-electron chi connectivity index (χ1n) is 12.8. The zero-order chi connectivity index (χ0) is 28.1. The minimum Gasteiger partial charge on any atom is -0.462 e. The molecular formula is C29H32FN5O4. The van der Waals surface area contributed by atoms with Crippen LogP contribution in [0.2, 0.25) is 0 Å². The maximum atomic E-state index is 13.3. The summed E-state index contributed by atoms with van der Waals surface area (Å²) in [6.45, 7) is 9.62. The maximum absolute atomic E-state index is 13.3. The fourth-order valence-electron chi connectivity index (χ4n) is 4.16. The van der Waals surface area contributed by atoms with Crippen LogP contribution in [-0.2, 0) is 16.0 Å². The standard InChI is InChI=1S/C29H32FN5O4/c1-6-38-28(37)23-18(5)39-27-24(23)25(32-29(33-27)31-22-13-11-21(30)12-14-22)34-35-26(36)17(4)20-9-7-19(8-10-20)15-16(2)3/h7-14,16-17H,6,15H2,1-5H3,(H,35,36)(H2,31,32,33,34). The molecule has 1 amide bonds. The lowest BCUT2D eigenvalue weighted by atomic mass is 9.96. The second-order valence-corrected chi connectivity index (χ2v) is 9.64. The minimum absolute atomic E-state index is 0.112. The molecule has 9 nitrogen and oxygen atoms in total. The van der Waals surface area contributed by atoms with Crippen LogP contribution in [0.15, 0.2) is 52.9 Å². The van der Waals surface area contributed by atoms with Crippen molar-refractivity contribution in [2.24, 2.45) is 5.92 Å². The number of benzene rings is 2. The summed E-state index contributed by atoms with van der Waals surface area (Å²) in [5.41, 5.74) is 8.42. The Bertz CT molecular complexity index is 1470. The van der Waals surface area contributed by atoms with Crippen molar-refractivity contribution in [3.05, 3.63) is 76.8 Å². The van der Waals surface area contributed by atoms with Gasteiger partial charge in [-0.2, -0.15) is 9.97 Å². The number of carbonyl (C=O) groups excluding carboxylic acids is 2. The van der Waals surface area contributed by atoms with Crippen LogP contribution in [0.1, 0.15) is 60.9 Å². The molecule has 10 heteroatoms. The van der Waals surface area contributed by atoms with Crippen molar-refractivity contribution in [3.63, 3.8) is 0 Å². The van der Waals surface area contributed by atoms with Crippen LogP contribution in [0.4, 0.5) is 21.8 Å². The fraction of sp³-hybridized carbons (Fsp3) is 0.310. The normalized spacial score (nSPS) is 11.9. The number of nitrogens with zero attached hydrogens (tertiary/aromatic N) is 2. The first kappa shape index (κ1) is 27.6. The van der Waals surface area contributed by atoms with E-state index >= 15 is 0 Å². The summed E-state index contributed by atoms with van der Waals surface area (Å²) in [6.07, 6.45) is 0.966. The zero-order valence-electron chi connectivity index (χ0n) is 22.6. The molecule has 0 aliphatic heterocycles. The largest absolute Gasteiger partial charge is 0.462 e. The Labute approximate surface area is 226 Å². The van der Waals surface area contributed by atoms with Gasteiger partial charge in [-0.1, -0.05) is 38.1 Å². The topological polar surface area (TPSA) is 118 Å². The van der Waals surface area contributed by atoms with E-state index in [1.54, 1.807) is 20.8 Å². The molecule has 0 aliphatic carbocycles. The van der Waals surface area contributed by atoms with Crippen LogP contribution < -0.4 is 16.2 Å². The van der Waals surface area contributed by atoms with Gasteiger partial charge < -0.3 is 14.5 Å². The van der Waals surface area contributed by atoms with Crippen molar-refractivity contribution in [2.45, 2.75) is 47.0 Å². The van der Waals surface area contributed by atoms with Crippen LogP contribution in [-0.4, -0.2) is 28.5 Å². The summed E-state index contributed by atoms with van der Waals surface area (Å²) in [5, 5.41) is 3.25. The molecule has 1 unspecified atom stereocenters. The molecule has 2 heterocycles. The van der Waals surface area contributed by atoms with E-state index in [2.05, 4.69) is 40.0 Å². The molecule has 0 radical (unpaired) electrons. The van der Waals surface area contributed by atoms with E-state index in [1.807, 2.05) is 24.3 Å². The number of furan rings is 1. The van der Waals surface area contributed by atoms with Crippen molar-refractivity contribution in [2.75, 3.05) is 17.3 Å². The number of anilines is 3. The van der Waals surface area contributed by atoms with Gasteiger partial charge in [0.1, 0.15) is 17.1 Å². The van der Waals surface area contributed by atoms with Crippen molar-refractivity contribution in [1.29, 1.82) is 0 Å². The average molecular weight is 534 g/mol. The average Bonchev–Trinajstić information content (AvgIpc) is 3.24. The number of halogens is 1. The van der Waals surface area contributed by atoms with E-state index in [-0.39, 0.29) is 46.8 Å². The Morgan fingerprint density at radius 1 is 1.03 bits per heavy atom. The molecule has 2 aromatic carbocycles. The SMILES string of the molecule is CCOC(=O)c1c(C)oc2nc(Nc3ccc(F)cc3)nc(NNC(=O)C(C)c3ccc(CC(C)C)cc3)c12. The van der Waals surface area contributed by atoms with E-state index in [0.29, 0.717) is 17.4 Å². The van der Waals surface area contributed by atoms with Gasteiger partial charge in [-0.05, 0) is 68.5 Å².